The predicted molar refractivity (Wildman–Crippen MR) is 115 cm³/mol. The highest BCUT2D eigenvalue weighted by molar-refractivity contribution is 6.08. The third kappa shape index (κ3) is 3.19. The quantitative estimate of drug-likeness (QED) is 0.399. The van der Waals surface area contributed by atoms with Crippen LogP contribution in [0.15, 0.2) is 40.9 Å². The van der Waals surface area contributed by atoms with E-state index in [9.17, 15) is 0 Å². The Hall–Kier alpha value is -2.68. The number of hydrogen-bond acceptors (Lipinski definition) is 2. The summed E-state index contributed by atoms with van der Waals surface area (Å²) >= 11 is 0. The summed E-state index contributed by atoms with van der Waals surface area (Å²) in [6.07, 6.45) is -1.20. The molecule has 144 valence electrons. The lowest BCUT2D eigenvalue weighted by Gasteiger charge is -2.19. The van der Waals surface area contributed by atoms with E-state index < -0.39 is 25.5 Å². The molecule has 0 aliphatic rings. The normalized spacial score (nSPS) is 17.9. The maximum atomic E-state index is 8.82. The van der Waals surface area contributed by atoms with E-state index in [-0.39, 0.29) is 5.56 Å². The minimum absolute atomic E-state index is 0.00947. The molecule has 0 radical (unpaired) electrons. The van der Waals surface area contributed by atoms with Crippen LogP contribution in [0.3, 0.4) is 0 Å². The van der Waals surface area contributed by atoms with Crippen LogP contribution in [-0.2, 0) is 13.4 Å². The van der Waals surface area contributed by atoms with Crippen LogP contribution >= 0.6 is 0 Å². The van der Waals surface area contributed by atoms with Gasteiger partial charge < -0.3 is 4.42 Å². The van der Waals surface area contributed by atoms with E-state index in [1.807, 2.05) is 38.1 Å². The van der Waals surface area contributed by atoms with Gasteiger partial charge in [0.25, 0.3) is 0 Å². The molecule has 0 N–H and O–H groups in total. The Morgan fingerprint density at radius 2 is 1.86 bits per heavy atom. The van der Waals surface area contributed by atoms with Gasteiger partial charge >= 0.3 is 0 Å². The number of pyridine rings is 2. The monoisotopic (exact) mass is 381 g/mol. The average Bonchev–Trinajstić information content (AvgIpc) is 3.10. The van der Waals surface area contributed by atoms with Crippen molar-refractivity contribution in [3.8, 4) is 11.3 Å². The maximum Gasteiger partial charge on any atom is 0.227 e. The highest BCUT2D eigenvalue weighted by Crippen LogP contribution is 2.37. The first-order valence-corrected chi connectivity index (χ1v) is 9.22. The Morgan fingerprint density at radius 1 is 1.11 bits per heavy atom. The van der Waals surface area contributed by atoms with Crippen molar-refractivity contribution in [1.82, 2.24) is 4.98 Å². The van der Waals surface area contributed by atoms with Gasteiger partial charge in [-0.05, 0) is 55.8 Å². The molecule has 4 rings (SSSR count). The Morgan fingerprint density at radius 3 is 2.61 bits per heavy atom. The van der Waals surface area contributed by atoms with Crippen LogP contribution in [-0.4, -0.2) is 4.98 Å². The molecule has 3 heterocycles. The minimum Gasteiger partial charge on any atom is -0.437 e. The Balaban J connectivity index is 1.98. The molecular weight excluding hydrogens is 344 g/mol. The van der Waals surface area contributed by atoms with E-state index >= 15 is 0 Å². The van der Waals surface area contributed by atoms with Crippen molar-refractivity contribution in [3.63, 3.8) is 0 Å². The van der Waals surface area contributed by atoms with Gasteiger partial charge in [0.1, 0.15) is 7.05 Å². The number of benzene rings is 1. The van der Waals surface area contributed by atoms with Crippen LogP contribution < -0.4 is 4.57 Å². The molecule has 0 spiro atoms. The van der Waals surface area contributed by atoms with Crippen LogP contribution in [0.4, 0.5) is 0 Å². The molecule has 0 aliphatic heterocycles. The van der Waals surface area contributed by atoms with Gasteiger partial charge in [-0.1, -0.05) is 32.8 Å². The summed E-state index contributed by atoms with van der Waals surface area (Å²) in [5, 5.41) is 1.78. The number of aromatic nitrogens is 2. The molecule has 0 saturated heterocycles. The standard InChI is InChI=1S/C25H29N2O/c1-15-8-10-19-20-11-9-17(3)26-24(20)28-23(19)22(15)21-12-16(2)18(14-27(21)7)13-25(4,5)6/h8-12,14H,13H2,1-7H3/q+1/i4D3,5D3,13D2. The van der Waals surface area contributed by atoms with E-state index in [1.54, 1.807) is 24.6 Å². The van der Waals surface area contributed by atoms with Gasteiger partial charge in [-0.15, -0.1) is 0 Å². The summed E-state index contributed by atoms with van der Waals surface area (Å²) in [5.41, 5.74) is 2.26. The third-order valence-corrected chi connectivity index (χ3v) is 4.98. The molecule has 0 amide bonds. The van der Waals surface area contributed by atoms with Crippen molar-refractivity contribution in [2.45, 2.75) is 47.8 Å². The molecule has 1 aromatic carbocycles. The zero-order valence-electron chi connectivity index (χ0n) is 24.8. The first-order valence-electron chi connectivity index (χ1n) is 13.2. The Labute approximate surface area is 178 Å². The first-order chi connectivity index (χ1) is 16.4. The van der Waals surface area contributed by atoms with Crippen molar-refractivity contribution in [1.29, 1.82) is 0 Å². The van der Waals surface area contributed by atoms with E-state index in [0.717, 1.165) is 40.2 Å². The summed E-state index contributed by atoms with van der Waals surface area (Å²) in [7, 11) is 1.72. The van der Waals surface area contributed by atoms with Crippen LogP contribution in [0.5, 0.6) is 0 Å². The highest BCUT2D eigenvalue weighted by Gasteiger charge is 2.23. The fourth-order valence-corrected chi connectivity index (χ4v) is 3.63. The molecule has 0 saturated carbocycles. The molecular formula is C25H29N2O+. The number of rotatable bonds is 2. The lowest BCUT2D eigenvalue weighted by atomic mass is 9.86. The number of nitrogens with zero attached hydrogens (tertiary/aromatic N) is 2. The molecule has 3 aromatic heterocycles. The largest absolute Gasteiger partial charge is 0.437 e. The van der Waals surface area contributed by atoms with Gasteiger partial charge in [0.05, 0.1) is 5.56 Å². The third-order valence-electron chi connectivity index (χ3n) is 4.98. The minimum atomic E-state index is -3.08. The van der Waals surface area contributed by atoms with Crippen LogP contribution in [0.25, 0.3) is 33.3 Å². The lowest BCUT2D eigenvalue weighted by Crippen LogP contribution is -2.32. The lowest BCUT2D eigenvalue weighted by molar-refractivity contribution is -0.660. The number of hydrogen-bond donors (Lipinski definition) is 0. The van der Waals surface area contributed by atoms with Gasteiger partial charge in [0, 0.05) is 39.1 Å². The van der Waals surface area contributed by atoms with E-state index in [2.05, 4.69) is 4.98 Å². The van der Waals surface area contributed by atoms with Crippen LogP contribution in [0.1, 0.15) is 54.0 Å². The highest BCUT2D eigenvalue weighted by atomic mass is 16.3. The SMILES string of the molecule is [2H]C([2H])([2H])C(C)(C([2H])([2H])[2H])C([2H])([2H])c1c[n+](C)c(-c2c(C)ccc3c2oc2nc(C)ccc23)cc1C. The van der Waals surface area contributed by atoms with E-state index in [4.69, 9.17) is 15.4 Å². The fourth-order valence-electron chi connectivity index (χ4n) is 3.63. The molecule has 3 nitrogen and oxygen atoms in total. The number of furan rings is 1. The fraction of sp³-hybridized carbons (Fsp3) is 0.360. The summed E-state index contributed by atoms with van der Waals surface area (Å²) < 4.78 is 73.2. The first kappa shape index (κ1) is 11.4. The molecule has 0 fully saturated rings. The molecule has 4 aromatic rings. The zero-order chi connectivity index (χ0) is 27.0. The second-order valence-corrected chi connectivity index (χ2v) is 7.66. The Kier molecular flexibility index (Phi) is 2.61. The van der Waals surface area contributed by atoms with Crippen molar-refractivity contribution in [2.24, 2.45) is 12.5 Å². The van der Waals surface area contributed by atoms with Gasteiger partial charge in [-0.2, -0.15) is 0 Å². The summed E-state index contributed by atoms with van der Waals surface area (Å²) in [6, 6.07) is 9.60. The van der Waals surface area contributed by atoms with Gasteiger partial charge in [0.2, 0.25) is 11.4 Å². The number of fused-ring (bicyclic) bond motifs is 3. The van der Waals surface area contributed by atoms with E-state index in [0.29, 0.717) is 16.9 Å². The molecule has 0 atom stereocenters. The summed E-state index contributed by atoms with van der Waals surface area (Å²) in [6.45, 7) is 0.328. The molecule has 0 bridgehead atoms. The number of aryl methyl sites for hydroxylation is 4. The Bertz CT molecular complexity index is 1480. The maximum absolute atomic E-state index is 8.82. The van der Waals surface area contributed by atoms with Crippen LogP contribution in [0.2, 0.25) is 0 Å². The van der Waals surface area contributed by atoms with Gasteiger partial charge in [-0.25, -0.2) is 9.55 Å². The van der Waals surface area contributed by atoms with Crippen molar-refractivity contribution in [3.05, 3.63) is 58.9 Å². The summed E-state index contributed by atoms with van der Waals surface area (Å²) in [4.78, 5) is 4.51. The molecule has 3 heteroatoms. The van der Waals surface area contributed by atoms with E-state index in [1.165, 1.54) is 6.20 Å². The smallest absolute Gasteiger partial charge is 0.227 e. The molecule has 0 aliphatic carbocycles. The van der Waals surface area contributed by atoms with Crippen molar-refractivity contribution < 1.29 is 20.0 Å². The molecule has 0 unspecified atom stereocenters. The predicted octanol–water partition coefficient (Wildman–Crippen LogP) is 5.99. The second kappa shape index (κ2) is 6.44. The average molecular weight is 382 g/mol. The van der Waals surface area contributed by atoms with Crippen molar-refractivity contribution >= 4 is 22.1 Å². The second-order valence-electron chi connectivity index (χ2n) is 7.66. The zero-order valence-corrected chi connectivity index (χ0v) is 16.8. The summed E-state index contributed by atoms with van der Waals surface area (Å²) in [5.74, 6) is 0. The van der Waals surface area contributed by atoms with Gasteiger partial charge in [0.15, 0.2) is 11.8 Å². The van der Waals surface area contributed by atoms with Crippen LogP contribution in [0, 0.1) is 26.2 Å². The topological polar surface area (TPSA) is 29.9 Å². The van der Waals surface area contributed by atoms with Gasteiger partial charge in [-0.3, -0.25) is 0 Å². The molecule has 28 heavy (non-hydrogen) atoms. The van der Waals surface area contributed by atoms with Crippen molar-refractivity contribution in [2.75, 3.05) is 0 Å².